The van der Waals surface area contributed by atoms with Crippen molar-refractivity contribution in [3.05, 3.63) is 17.5 Å². The zero-order valence-electron chi connectivity index (χ0n) is 10.3. The SMILES string of the molecule is Cc1[nH]ncc1CNC1CCC(C(F)(F)F)CC1. The lowest BCUT2D eigenvalue weighted by molar-refractivity contribution is -0.182. The van der Waals surface area contributed by atoms with Gasteiger partial charge in [0.2, 0.25) is 0 Å². The molecular weight excluding hydrogens is 243 g/mol. The normalized spacial score (nSPS) is 25.3. The highest BCUT2D eigenvalue weighted by molar-refractivity contribution is 5.13. The van der Waals surface area contributed by atoms with E-state index in [0.29, 0.717) is 19.4 Å². The molecule has 0 aliphatic heterocycles. The number of hydrogen-bond donors (Lipinski definition) is 2. The van der Waals surface area contributed by atoms with Crippen LogP contribution in [0.4, 0.5) is 13.2 Å². The Labute approximate surface area is 104 Å². The van der Waals surface area contributed by atoms with Gasteiger partial charge in [-0.15, -0.1) is 0 Å². The summed E-state index contributed by atoms with van der Waals surface area (Å²) in [7, 11) is 0. The Morgan fingerprint density at radius 3 is 2.50 bits per heavy atom. The number of aromatic amines is 1. The largest absolute Gasteiger partial charge is 0.391 e. The Bertz CT molecular complexity index is 378. The molecule has 6 heteroatoms. The molecule has 0 radical (unpaired) electrons. The van der Waals surface area contributed by atoms with E-state index in [9.17, 15) is 13.2 Å². The molecule has 2 N–H and O–H groups in total. The van der Waals surface area contributed by atoms with Crippen LogP contribution in [0.5, 0.6) is 0 Å². The molecule has 3 nitrogen and oxygen atoms in total. The van der Waals surface area contributed by atoms with E-state index in [0.717, 1.165) is 11.3 Å². The first kappa shape index (κ1) is 13.4. The second-order valence-corrected chi connectivity index (χ2v) is 4.99. The maximum atomic E-state index is 12.5. The molecule has 1 aliphatic carbocycles. The van der Waals surface area contributed by atoms with Crippen LogP contribution in [0.1, 0.15) is 36.9 Å². The summed E-state index contributed by atoms with van der Waals surface area (Å²) in [5, 5.41) is 10.1. The zero-order chi connectivity index (χ0) is 13.2. The van der Waals surface area contributed by atoms with Gasteiger partial charge in [0.25, 0.3) is 0 Å². The van der Waals surface area contributed by atoms with Crippen LogP contribution in [0.3, 0.4) is 0 Å². The molecule has 1 aromatic rings. The van der Waals surface area contributed by atoms with Crippen molar-refractivity contribution in [2.45, 2.75) is 51.4 Å². The maximum absolute atomic E-state index is 12.5. The summed E-state index contributed by atoms with van der Waals surface area (Å²) >= 11 is 0. The number of nitrogens with one attached hydrogen (secondary N) is 2. The summed E-state index contributed by atoms with van der Waals surface area (Å²) in [6.07, 6.45) is -0.588. The van der Waals surface area contributed by atoms with Crippen molar-refractivity contribution in [1.82, 2.24) is 15.5 Å². The number of rotatable bonds is 3. The number of H-pyrrole nitrogens is 1. The third kappa shape index (κ3) is 3.25. The molecule has 1 aliphatic rings. The van der Waals surface area contributed by atoms with Crippen molar-refractivity contribution in [3.8, 4) is 0 Å². The Morgan fingerprint density at radius 2 is 2.00 bits per heavy atom. The van der Waals surface area contributed by atoms with Crippen molar-refractivity contribution in [3.63, 3.8) is 0 Å². The fourth-order valence-corrected chi connectivity index (χ4v) is 2.43. The van der Waals surface area contributed by atoms with Crippen molar-refractivity contribution < 1.29 is 13.2 Å². The Kier molecular flexibility index (Phi) is 3.94. The number of nitrogens with zero attached hydrogens (tertiary/aromatic N) is 1. The zero-order valence-corrected chi connectivity index (χ0v) is 10.3. The molecule has 0 atom stereocenters. The molecule has 1 heterocycles. The smallest absolute Gasteiger partial charge is 0.310 e. The maximum Gasteiger partial charge on any atom is 0.391 e. The number of aryl methyl sites for hydroxylation is 1. The van der Waals surface area contributed by atoms with Crippen LogP contribution in [-0.4, -0.2) is 22.4 Å². The van der Waals surface area contributed by atoms with E-state index in [-0.39, 0.29) is 18.9 Å². The average Bonchev–Trinajstić information content (AvgIpc) is 2.72. The summed E-state index contributed by atoms with van der Waals surface area (Å²) in [6, 6.07) is 0.192. The standard InChI is InChI=1S/C12H18F3N3/c1-8-9(7-17-18-8)6-16-11-4-2-10(3-5-11)12(13,14)15/h7,10-11,16H,2-6H2,1H3,(H,17,18). The third-order valence-electron chi connectivity index (χ3n) is 3.71. The highest BCUT2D eigenvalue weighted by Crippen LogP contribution is 2.37. The van der Waals surface area contributed by atoms with Gasteiger partial charge in [0.15, 0.2) is 0 Å². The van der Waals surface area contributed by atoms with E-state index in [1.54, 1.807) is 6.20 Å². The second-order valence-electron chi connectivity index (χ2n) is 4.99. The first-order chi connectivity index (χ1) is 8.47. The Hall–Kier alpha value is -1.04. The van der Waals surface area contributed by atoms with E-state index < -0.39 is 12.1 Å². The van der Waals surface area contributed by atoms with E-state index in [2.05, 4.69) is 15.5 Å². The monoisotopic (exact) mass is 261 g/mol. The minimum absolute atomic E-state index is 0.192. The van der Waals surface area contributed by atoms with Gasteiger partial charge in [-0.05, 0) is 32.6 Å². The summed E-state index contributed by atoms with van der Waals surface area (Å²) in [4.78, 5) is 0. The number of alkyl halides is 3. The quantitative estimate of drug-likeness (QED) is 0.878. The first-order valence-electron chi connectivity index (χ1n) is 6.25. The van der Waals surface area contributed by atoms with E-state index in [4.69, 9.17) is 0 Å². The third-order valence-corrected chi connectivity index (χ3v) is 3.71. The molecule has 2 rings (SSSR count). The number of hydrogen-bond acceptors (Lipinski definition) is 2. The van der Waals surface area contributed by atoms with Crippen LogP contribution < -0.4 is 5.32 Å². The molecule has 0 aromatic carbocycles. The van der Waals surface area contributed by atoms with Gasteiger partial charge in [0, 0.05) is 23.8 Å². The van der Waals surface area contributed by atoms with E-state index in [1.807, 2.05) is 6.92 Å². The molecule has 1 aromatic heterocycles. The lowest BCUT2D eigenvalue weighted by Crippen LogP contribution is -2.36. The summed E-state index contributed by atoms with van der Waals surface area (Å²) < 4.78 is 37.5. The van der Waals surface area contributed by atoms with Gasteiger partial charge in [-0.25, -0.2) is 0 Å². The summed E-state index contributed by atoms with van der Waals surface area (Å²) in [6.45, 7) is 2.61. The summed E-state index contributed by atoms with van der Waals surface area (Å²) in [5.74, 6) is -1.11. The number of aromatic nitrogens is 2. The molecule has 1 fully saturated rings. The lowest BCUT2D eigenvalue weighted by atomic mass is 9.85. The fraction of sp³-hybridized carbons (Fsp3) is 0.750. The predicted molar refractivity (Wildman–Crippen MR) is 62.0 cm³/mol. The van der Waals surface area contributed by atoms with Gasteiger partial charge >= 0.3 is 6.18 Å². The highest BCUT2D eigenvalue weighted by atomic mass is 19.4. The van der Waals surface area contributed by atoms with Crippen molar-refractivity contribution >= 4 is 0 Å². The minimum atomic E-state index is -4.02. The molecule has 0 unspecified atom stereocenters. The lowest BCUT2D eigenvalue weighted by Gasteiger charge is -2.30. The van der Waals surface area contributed by atoms with Crippen LogP contribution in [0.25, 0.3) is 0 Å². The van der Waals surface area contributed by atoms with Gasteiger partial charge < -0.3 is 5.32 Å². The summed E-state index contributed by atoms with van der Waals surface area (Å²) in [5.41, 5.74) is 2.08. The van der Waals surface area contributed by atoms with Gasteiger partial charge in [0.1, 0.15) is 0 Å². The topological polar surface area (TPSA) is 40.7 Å². The molecule has 0 amide bonds. The van der Waals surface area contributed by atoms with Gasteiger partial charge in [-0.3, -0.25) is 5.10 Å². The predicted octanol–water partition coefficient (Wildman–Crippen LogP) is 2.93. The molecule has 18 heavy (non-hydrogen) atoms. The van der Waals surface area contributed by atoms with E-state index >= 15 is 0 Å². The Morgan fingerprint density at radius 1 is 1.33 bits per heavy atom. The molecule has 0 spiro atoms. The van der Waals surface area contributed by atoms with Crippen molar-refractivity contribution in [2.75, 3.05) is 0 Å². The van der Waals surface area contributed by atoms with Crippen LogP contribution in [0.15, 0.2) is 6.20 Å². The van der Waals surface area contributed by atoms with Crippen molar-refractivity contribution in [2.24, 2.45) is 5.92 Å². The number of halogens is 3. The van der Waals surface area contributed by atoms with Crippen molar-refractivity contribution in [1.29, 1.82) is 0 Å². The average molecular weight is 261 g/mol. The molecular formula is C12H18F3N3. The molecule has 0 bridgehead atoms. The first-order valence-corrected chi connectivity index (χ1v) is 6.25. The van der Waals surface area contributed by atoms with Crippen LogP contribution in [0.2, 0.25) is 0 Å². The Balaban J connectivity index is 1.76. The minimum Gasteiger partial charge on any atom is -0.310 e. The molecule has 1 saturated carbocycles. The molecule has 102 valence electrons. The second kappa shape index (κ2) is 5.30. The molecule has 0 saturated heterocycles. The highest BCUT2D eigenvalue weighted by Gasteiger charge is 2.41. The van der Waals surface area contributed by atoms with Crippen LogP contribution in [-0.2, 0) is 6.54 Å². The van der Waals surface area contributed by atoms with Crippen LogP contribution >= 0.6 is 0 Å². The van der Waals surface area contributed by atoms with E-state index in [1.165, 1.54) is 0 Å². The van der Waals surface area contributed by atoms with Gasteiger partial charge in [-0.1, -0.05) is 0 Å². The van der Waals surface area contributed by atoms with Crippen LogP contribution in [0, 0.1) is 12.8 Å². The van der Waals surface area contributed by atoms with Gasteiger partial charge in [0.05, 0.1) is 12.1 Å². The fourth-order valence-electron chi connectivity index (χ4n) is 2.43. The van der Waals surface area contributed by atoms with Gasteiger partial charge in [-0.2, -0.15) is 18.3 Å².